The highest BCUT2D eigenvalue weighted by Crippen LogP contribution is 2.46. The first-order chi connectivity index (χ1) is 14.8. The first kappa shape index (κ1) is 30.4. The molecule has 186 valence electrons. The Labute approximate surface area is 195 Å². The van der Waals surface area contributed by atoms with Gasteiger partial charge in [0.15, 0.2) is 0 Å². The zero-order chi connectivity index (χ0) is 24.0. The van der Waals surface area contributed by atoms with Crippen LogP contribution in [-0.4, -0.2) is 24.7 Å². The molecule has 31 heavy (non-hydrogen) atoms. The molecule has 0 rings (SSSR count). The molecule has 0 fully saturated rings. The number of rotatable bonds is 19. The first-order valence-electron chi connectivity index (χ1n) is 13.7. The molecular formula is C28H57NO2. The number of carbonyl (C=O) groups is 1. The van der Waals surface area contributed by atoms with E-state index in [2.05, 4.69) is 67.6 Å². The first-order valence-corrected chi connectivity index (χ1v) is 13.7. The molecule has 0 heterocycles. The molecule has 0 unspecified atom stereocenters. The molecule has 0 bridgehead atoms. The van der Waals surface area contributed by atoms with E-state index in [0.29, 0.717) is 6.54 Å². The Balaban J connectivity index is 5.35. The topological polar surface area (TPSA) is 38.3 Å². The number of ether oxygens (including phenoxy) is 1. The maximum atomic E-state index is 13.6. The quantitative estimate of drug-likeness (QED) is 0.220. The Bertz CT molecular complexity index is 458. The number of nitrogens with one attached hydrogen (secondary N) is 1. The van der Waals surface area contributed by atoms with Gasteiger partial charge in [-0.2, -0.15) is 0 Å². The van der Waals surface area contributed by atoms with E-state index >= 15 is 0 Å². The van der Waals surface area contributed by atoms with Gasteiger partial charge in [0, 0.05) is 18.6 Å². The van der Waals surface area contributed by atoms with Crippen LogP contribution >= 0.6 is 0 Å². The molecule has 3 nitrogen and oxygen atoms in total. The summed E-state index contributed by atoms with van der Waals surface area (Å²) in [5.74, 6) is 0.985. The number of amides is 1. The van der Waals surface area contributed by atoms with E-state index in [4.69, 9.17) is 4.74 Å². The van der Waals surface area contributed by atoms with Gasteiger partial charge in [0.05, 0.1) is 5.60 Å². The number of hydrogen-bond donors (Lipinski definition) is 1. The lowest BCUT2D eigenvalue weighted by Gasteiger charge is -2.42. The second kappa shape index (κ2) is 15.3. The average molecular weight is 440 g/mol. The average Bonchev–Trinajstić information content (AvgIpc) is 2.81. The van der Waals surface area contributed by atoms with Crippen molar-refractivity contribution in [1.82, 2.24) is 5.32 Å². The maximum Gasteiger partial charge on any atom is 0.226 e. The fraction of sp³-hybridized carbons (Fsp3) is 0.964. The van der Waals surface area contributed by atoms with Crippen LogP contribution in [0.25, 0.3) is 0 Å². The van der Waals surface area contributed by atoms with E-state index in [1.165, 1.54) is 25.7 Å². The highest BCUT2D eigenvalue weighted by Gasteiger charge is 2.42. The van der Waals surface area contributed by atoms with Crippen LogP contribution in [0.3, 0.4) is 0 Å². The molecule has 0 saturated carbocycles. The third-order valence-corrected chi connectivity index (χ3v) is 8.78. The van der Waals surface area contributed by atoms with E-state index in [1.807, 2.05) is 0 Å². The number of hydrogen-bond acceptors (Lipinski definition) is 2. The summed E-state index contributed by atoms with van der Waals surface area (Å²) < 4.78 is 6.46. The summed E-state index contributed by atoms with van der Waals surface area (Å²) in [6.45, 7) is 21.6. The fourth-order valence-corrected chi connectivity index (χ4v) is 5.41. The molecule has 0 aromatic carbocycles. The lowest BCUT2D eigenvalue weighted by atomic mass is 9.63. The van der Waals surface area contributed by atoms with Crippen molar-refractivity contribution in [2.75, 3.05) is 13.2 Å². The molecule has 0 aromatic heterocycles. The van der Waals surface area contributed by atoms with Crippen LogP contribution in [0, 0.1) is 16.7 Å². The van der Waals surface area contributed by atoms with Crippen molar-refractivity contribution >= 4 is 5.91 Å². The molecule has 0 aliphatic carbocycles. The molecule has 0 aliphatic rings. The Morgan fingerprint density at radius 3 is 1.74 bits per heavy atom. The van der Waals surface area contributed by atoms with Gasteiger partial charge >= 0.3 is 0 Å². The van der Waals surface area contributed by atoms with Gasteiger partial charge in [0.2, 0.25) is 5.91 Å². The largest absolute Gasteiger partial charge is 0.373 e. The lowest BCUT2D eigenvalue weighted by Crippen LogP contribution is -2.50. The zero-order valence-electron chi connectivity index (χ0n) is 22.8. The summed E-state index contributed by atoms with van der Waals surface area (Å²) in [6.07, 6.45) is 12.9. The highest BCUT2D eigenvalue weighted by atomic mass is 16.5. The SMILES string of the molecule is CCCC(CC)(CC)CC(CC)(CC)C(=O)NCC(CC)(CC)OCCC(CC)CC. The summed E-state index contributed by atoms with van der Waals surface area (Å²) in [4.78, 5) is 13.6. The molecule has 0 spiro atoms. The predicted molar refractivity (Wildman–Crippen MR) is 137 cm³/mol. The molecular weight excluding hydrogens is 382 g/mol. The van der Waals surface area contributed by atoms with Gasteiger partial charge in [-0.3, -0.25) is 4.79 Å². The van der Waals surface area contributed by atoms with Gasteiger partial charge in [0.1, 0.15) is 0 Å². The van der Waals surface area contributed by atoms with Crippen LogP contribution < -0.4 is 5.32 Å². The van der Waals surface area contributed by atoms with Crippen LogP contribution in [0.1, 0.15) is 139 Å². The minimum atomic E-state index is -0.274. The van der Waals surface area contributed by atoms with Gasteiger partial charge in [-0.25, -0.2) is 0 Å². The van der Waals surface area contributed by atoms with Gasteiger partial charge < -0.3 is 10.1 Å². The van der Waals surface area contributed by atoms with Crippen LogP contribution in [-0.2, 0) is 9.53 Å². The fourth-order valence-electron chi connectivity index (χ4n) is 5.41. The second-order valence-electron chi connectivity index (χ2n) is 10.0. The Kier molecular flexibility index (Phi) is 15.0. The molecule has 0 aliphatic heterocycles. The molecule has 0 aromatic rings. The summed E-state index contributed by atoms with van der Waals surface area (Å²) in [7, 11) is 0. The smallest absolute Gasteiger partial charge is 0.226 e. The summed E-state index contributed by atoms with van der Waals surface area (Å²) in [6, 6.07) is 0. The third kappa shape index (κ3) is 8.71. The van der Waals surface area contributed by atoms with Gasteiger partial charge in [-0.15, -0.1) is 0 Å². The van der Waals surface area contributed by atoms with Crippen molar-refractivity contribution in [2.45, 2.75) is 145 Å². The molecule has 0 radical (unpaired) electrons. The molecule has 1 amide bonds. The summed E-state index contributed by atoms with van der Waals surface area (Å²) in [5, 5.41) is 3.38. The van der Waals surface area contributed by atoms with Crippen LogP contribution in [0.4, 0.5) is 0 Å². The van der Waals surface area contributed by atoms with E-state index < -0.39 is 0 Å². The minimum Gasteiger partial charge on any atom is -0.373 e. The molecule has 3 heteroatoms. The van der Waals surface area contributed by atoms with Crippen molar-refractivity contribution in [2.24, 2.45) is 16.7 Å². The zero-order valence-corrected chi connectivity index (χ0v) is 22.8. The summed E-state index contributed by atoms with van der Waals surface area (Å²) in [5.41, 5.74) is -0.245. The normalized spacial score (nSPS) is 13.1. The Morgan fingerprint density at radius 1 is 0.806 bits per heavy atom. The Hall–Kier alpha value is -0.570. The van der Waals surface area contributed by atoms with Gasteiger partial charge in [-0.05, 0) is 56.3 Å². The van der Waals surface area contributed by atoms with Crippen LogP contribution in [0.5, 0.6) is 0 Å². The second-order valence-corrected chi connectivity index (χ2v) is 10.0. The monoisotopic (exact) mass is 439 g/mol. The summed E-state index contributed by atoms with van der Waals surface area (Å²) >= 11 is 0. The van der Waals surface area contributed by atoms with E-state index in [9.17, 15) is 4.79 Å². The van der Waals surface area contributed by atoms with Gasteiger partial charge in [-0.1, -0.05) is 94.4 Å². The number of carbonyl (C=O) groups excluding carboxylic acids is 1. The third-order valence-electron chi connectivity index (χ3n) is 8.78. The van der Waals surface area contributed by atoms with Crippen molar-refractivity contribution in [3.8, 4) is 0 Å². The van der Waals surface area contributed by atoms with Crippen molar-refractivity contribution in [3.05, 3.63) is 0 Å². The van der Waals surface area contributed by atoms with Crippen LogP contribution in [0.15, 0.2) is 0 Å². The van der Waals surface area contributed by atoms with E-state index in [1.54, 1.807) is 0 Å². The predicted octanol–water partition coefficient (Wildman–Crippen LogP) is 8.31. The highest BCUT2D eigenvalue weighted by molar-refractivity contribution is 5.82. The van der Waals surface area contributed by atoms with E-state index in [-0.39, 0.29) is 22.3 Å². The maximum absolute atomic E-state index is 13.6. The molecule has 0 saturated heterocycles. The Morgan fingerprint density at radius 2 is 1.35 bits per heavy atom. The standard InChI is InChI=1S/C28H57NO2/c1-10-20-26(13-4,14-5)22-27(15-6,16-7)25(30)29-23-28(17-8,18-9)31-21-19-24(11-2)12-3/h24H,10-23H2,1-9H3,(H,29,30). The van der Waals surface area contributed by atoms with Crippen LogP contribution in [0.2, 0.25) is 0 Å². The van der Waals surface area contributed by atoms with Crippen molar-refractivity contribution in [1.29, 1.82) is 0 Å². The van der Waals surface area contributed by atoms with Gasteiger partial charge in [0.25, 0.3) is 0 Å². The molecule has 1 N–H and O–H groups in total. The minimum absolute atomic E-state index is 0.245. The van der Waals surface area contributed by atoms with E-state index in [0.717, 1.165) is 63.9 Å². The molecule has 0 atom stereocenters. The van der Waals surface area contributed by atoms with Crippen molar-refractivity contribution in [3.63, 3.8) is 0 Å². The lowest BCUT2D eigenvalue weighted by molar-refractivity contribution is -0.136. The van der Waals surface area contributed by atoms with Crippen molar-refractivity contribution < 1.29 is 9.53 Å².